The summed E-state index contributed by atoms with van der Waals surface area (Å²) >= 11 is 5.21. The van der Waals surface area contributed by atoms with Crippen molar-refractivity contribution in [1.29, 1.82) is 0 Å². The number of alkyl halides is 1. The lowest BCUT2D eigenvalue weighted by Gasteiger charge is -2.19. The first kappa shape index (κ1) is 12.8. The van der Waals surface area contributed by atoms with Crippen molar-refractivity contribution in [2.24, 2.45) is 0 Å². The first-order valence-electron chi connectivity index (χ1n) is 5.50. The number of methoxy groups -OCH3 is 1. The summed E-state index contributed by atoms with van der Waals surface area (Å²) in [6.07, 6.45) is 0. The van der Waals surface area contributed by atoms with Gasteiger partial charge in [-0.2, -0.15) is 0 Å². The van der Waals surface area contributed by atoms with Gasteiger partial charge in [-0.15, -0.1) is 0 Å². The van der Waals surface area contributed by atoms with Crippen LogP contribution in [0.5, 0.6) is 0 Å². The minimum Gasteiger partial charge on any atom is -0.383 e. The Hall–Kier alpha value is -0.650. The molecule has 2 rings (SSSR count). The number of nitrogens with zero attached hydrogens (tertiary/aromatic N) is 2. The van der Waals surface area contributed by atoms with Gasteiger partial charge in [0.15, 0.2) is 5.13 Å². The van der Waals surface area contributed by atoms with Gasteiger partial charge in [0.25, 0.3) is 0 Å². The second-order valence-corrected chi connectivity index (χ2v) is 5.44. The molecule has 0 fully saturated rings. The van der Waals surface area contributed by atoms with E-state index in [0.29, 0.717) is 0 Å². The monoisotopic (exact) mass is 314 g/mol. The molecule has 0 N–H and O–H groups in total. The van der Waals surface area contributed by atoms with Crippen molar-refractivity contribution in [3.63, 3.8) is 0 Å². The first-order valence-corrected chi connectivity index (χ1v) is 7.44. The Labute approximate surface area is 114 Å². The molecule has 0 saturated carbocycles. The third-order valence-corrected chi connectivity index (χ3v) is 3.92. The Morgan fingerprint density at radius 3 is 2.88 bits per heavy atom. The number of para-hydroxylation sites is 1. The van der Waals surface area contributed by atoms with Gasteiger partial charge in [-0.25, -0.2) is 4.98 Å². The lowest BCUT2D eigenvalue weighted by atomic mass is 10.3. The van der Waals surface area contributed by atoms with E-state index in [9.17, 15) is 0 Å². The smallest absolute Gasteiger partial charge is 0.186 e. The number of rotatable bonds is 6. The minimum absolute atomic E-state index is 0.725. The molecule has 0 spiro atoms. The van der Waals surface area contributed by atoms with E-state index in [4.69, 9.17) is 4.74 Å². The largest absolute Gasteiger partial charge is 0.383 e. The molecule has 0 unspecified atom stereocenters. The summed E-state index contributed by atoms with van der Waals surface area (Å²) < 4.78 is 6.37. The van der Waals surface area contributed by atoms with E-state index in [-0.39, 0.29) is 0 Å². The fourth-order valence-electron chi connectivity index (χ4n) is 1.60. The third-order valence-electron chi connectivity index (χ3n) is 2.47. The molecule has 1 heterocycles. The van der Waals surface area contributed by atoms with E-state index >= 15 is 0 Å². The summed E-state index contributed by atoms with van der Waals surface area (Å²) in [4.78, 5) is 6.91. The van der Waals surface area contributed by atoms with Gasteiger partial charge in [0.05, 0.1) is 16.8 Å². The summed E-state index contributed by atoms with van der Waals surface area (Å²) in [5, 5.41) is 2.01. The molecule has 0 aliphatic heterocycles. The molecule has 1 aromatic heterocycles. The molecule has 0 radical (unpaired) electrons. The zero-order chi connectivity index (χ0) is 12.1. The Bertz CT molecular complexity index is 441. The summed E-state index contributed by atoms with van der Waals surface area (Å²) in [5.41, 5.74) is 1.07. The van der Waals surface area contributed by atoms with Crippen LogP contribution < -0.4 is 4.90 Å². The van der Waals surface area contributed by atoms with Crippen molar-refractivity contribution in [3.05, 3.63) is 24.3 Å². The van der Waals surface area contributed by atoms with E-state index in [1.165, 1.54) is 4.70 Å². The highest BCUT2D eigenvalue weighted by molar-refractivity contribution is 9.09. The second-order valence-electron chi connectivity index (χ2n) is 3.63. The average molecular weight is 315 g/mol. The maximum Gasteiger partial charge on any atom is 0.186 e. The molecule has 0 amide bonds. The fraction of sp³-hybridized carbons (Fsp3) is 0.417. The van der Waals surface area contributed by atoms with Crippen LogP contribution in [0.3, 0.4) is 0 Å². The molecule has 2 aromatic rings. The van der Waals surface area contributed by atoms with Crippen LogP contribution in [-0.2, 0) is 4.74 Å². The standard InChI is InChI=1S/C12H15BrN2OS/c1-16-9-8-15(7-6-13)12-14-10-4-2-3-5-11(10)17-12/h2-5H,6-9H2,1H3. The van der Waals surface area contributed by atoms with Gasteiger partial charge in [0, 0.05) is 25.5 Å². The molecule has 5 heteroatoms. The van der Waals surface area contributed by atoms with Crippen LogP contribution in [0, 0.1) is 0 Å². The average Bonchev–Trinajstić information content (AvgIpc) is 2.78. The summed E-state index contributed by atoms with van der Waals surface area (Å²) in [7, 11) is 1.73. The van der Waals surface area contributed by atoms with Gasteiger partial charge in [0.2, 0.25) is 0 Å². The number of ether oxygens (including phenoxy) is 1. The molecule has 3 nitrogen and oxygen atoms in total. The van der Waals surface area contributed by atoms with Gasteiger partial charge >= 0.3 is 0 Å². The summed E-state index contributed by atoms with van der Waals surface area (Å²) in [5.74, 6) is 0. The van der Waals surface area contributed by atoms with E-state index in [1.807, 2.05) is 12.1 Å². The number of halogens is 1. The zero-order valence-electron chi connectivity index (χ0n) is 9.73. The third kappa shape index (κ3) is 3.18. The molecule has 1 aromatic carbocycles. The van der Waals surface area contributed by atoms with E-state index in [0.717, 1.165) is 35.7 Å². The van der Waals surface area contributed by atoms with Crippen LogP contribution >= 0.6 is 27.3 Å². The van der Waals surface area contributed by atoms with Gasteiger partial charge in [-0.05, 0) is 12.1 Å². The maximum atomic E-state index is 5.13. The Balaban J connectivity index is 2.21. The number of hydrogen-bond acceptors (Lipinski definition) is 4. The summed E-state index contributed by atoms with van der Waals surface area (Å²) in [6.45, 7) is 2.55. The van der Waals surface area contributed by atoms with Crippen molar-refractivity contribution >= 4 is 42.6 Å². The molecule has 17 heavy (non-hydrogen) atoms. The lowest BCUT2D eigenvalue weighted by Crippen LogP contribution is -2.28. The van der Waals surface area contributed by atoms with Crippen molar-refractivity contribution in [2.75, 3.05) is 37.0 Å². The van der Waals surface area contributed by atoms with Gasteiger partial charge in [-0.1, -0.05) is 39.4 Å². The van der Waals surface area contributed by atoms with Crippen LogP contribution in [0.15, 0.2) is 24.3 Å². The highest BCUT2D eigenvalue weighted by atomic mass is 79.9. The molecule has 92 valence electrons. The molecule has 0 aliphatic carbocycles. The van der Waals surface area contributed by atoms with Gasteiger partial charge < -0.3 is 9.64 Å². The molecule has 0 bridgehead atoms. The number of benzene rings is 1. The van der Waals surface area contributed by atoms with Crippen LogP contribution in [0.25, 0.3) is 10.2 Å². The number of aromatic nitrogens is 1. The van der Waals surface area contributed by atoms with Crippen molar-refractivity contribution in [3.8, 4) is 0 Å². The lowest BCUT2D eigenvalue weighted by molar-refractivity contribution is 0.205. The number of hydrogen-bond donors (Lipinski definition) is 0. The normalized spacial score (nSPS) is 10.9. The van der Waals surface area contributed by atoms with Crippen LogP contribution in [-0.4, -0.2) is 37.1 Å². The quantitative estimate of drug-likeness (QED) is 0.766. The number of fused-ring (bicyclic) bond motifs is 1. The molecular weight excluding hydrogens is 300 g/mol. The second kappa shape index (κ2) is 6.33. The Morgan fingerprint density at radius 2 is 2.18 bits per heavy atom. The highest BCUT2D eigenvalue weighted by Crippen LogP contribution is 2.28. The molecule has 0 aliphatic rings. The maximum absolute atomic E-state index is 5.13. The van der Waals surface area contributed by atoms with Crippen molar-refractivity contribution in [1.82, 2.24) is 4.98 Å². The molecule has 0 saturated heterocycles. The molecular formula is C12H15BrN2OS. The van der Waals surface area contributed by atoms with E-state index in [1.54, 1.807) is 18.4 Å². The van der Waals surface area contributed by atoms with E-state index in [2.05, 4.69) is 37.9 Å². The Kier molecular flexibility index (Phi) is 4.76. The van der Waals surface area contributed by atoms with Crippen LogP contribution in [0.1, 0.15) is 0 Å². The number of thiazole rings is 1. The topological polar surface area (TPSA) is 25.4 Å². The van der Waals surface area contributed by atoms with Gasteiger partial charge in [0.1, 0.15) is 0 Å². The van der Waals surface area contributed by atoms with Gasteiger partial charge in [-0.3, -0.25) is 0 Å². The minimum atomic E-state index is 0.725. The predicted octanol–water partition coefficient (Wildman–Crippen LogP) is 3.14. The van der Waals surface area contributed by atoms with Crippen molar-refractivity contribution in [2.45, 2.75) is 0 Å². The SMILES string of the molecule is COCCN(CCBr)c1nc2ccccc2s1. The molecule has 0 atom stereocenters. The highest BCUT2D eigenvalue weighted by Gasteiger charge is 2.10. The van der Waals surface area contributed by atoms with Crippen molar-refractivity contribution < 1.29 is 4.74 Å². The summed E-state index contributed by atoms with van der Waals surface area (Å²) in [6, 6.07) is 8.24. The predicted molar refractivity (Wildman–Crippen MR) is 77.5 cm³/mol. The van der Waals surface area contributed by atoms with Crippen LogP contribution in [0.2, 0.25) is 0 Å². The number of anilines is 1. The first-order chi connectivity index (χ1) is 8.35. The zero-order valence-corrected chi connectivity index (χ0v) is 12.1. The fourth-order valence-corrected chi connectivity index (χ4v) is 3.05. The Morgan fingerprint density at radius 1 is 1.35 bits per heavy atom. The van der Waals surface area contributed by atoms with Crippen LogP contribution in [0.4, 0.5) is 5.13 Å². The van der Waals surface area contributed by atoms with E-state index < -0.39 is 0 Å².